The zero-order valence-electron chi connectivity index (χ0n) is 17.1. The van der Waals surface area contributed by atoms with Crippen molar-refractivity contribution >= 4 is 28.6 Å². The lowest BCUT2D eigenvalue weighted by Gasteiger charge is -2.36. The highest BCUT2D eigenvalue weighted by molar-refractivity contribution is 8.14. The van der Waals surface area contributed by atoms with Crippen molar-refractivity contribution in [1.82, 2.24) is 4.90 Å². The Bertz CT molecular complexity index is 906. The third-order valence-electron chi connectivity index (χ3n) is 4.64. The number of amidine groups is 1. The molecule has 1 saturated heterocycles. The fourth-order valence-electron chi connectivity index (χ4n) is 2.99. The van der Waals surface area contributed by atoms with Gasteiger partial charge in [0.05, 0.1) is 12.4 Å². The van der Waals surface area contributed by atoms with Crippen LogP contribution in [-0.2, 0) is 12.0 Å². The molecule has 2 aromatic carbocycles. The summed E-state index contributed by atoms with van der Waals surface area (Å²) in [5, 5.41) is 0.0874. The van der Waals surface area contributed by atoms with Gasteiger partial charge in [-0.3, -0.25) is 14.8 Å². The molecule has 0 aliphatic carbocycles. The Morgan fingerprint density at radius 2 is 1.63 bits per heavy atom. The number of halogens is 3. The van der Waals surface area contributed by atoms with Gasteiger partial charge >= 0.3 is 12.2 Å². The largest absolute Gasteiger partial charge is 0.408 e. The first-order chi connectivity index (χ1) is 14.0. The molecule has 0 unspecified atom stereocenters. The number of amides is 2. The number of alkyl halides is 3. The summed E-state index contributed by atoms with van der Waals surface area (Å²) in [7, 11) is 0. The van der Waals surface area contributed by atoms with Crippen LogP contribution in [-0.4, -0.2) is 34.7 Å². The maximum absolute atomic E-state index is 13.2. The first kappa shape index (κ1) is 22.2. The van der Waals surface area contributed by atoms with E-state index in [1.165, 1.54) is 4.90 Å². The summed E-state index contributed by atoms with van der Waals surface area (Å²) in [6.07, 6.45) is -4.42. The predicted octanol–water partition coefficient (Wildman–Crippen LogP) is 6.04. The Morgan fingerprint density at radius 3 is 2.20 bits per heavy atom. The van der Waals surface area contributed by atoms with Crippen molar-refractivity contribution in [2.75, 3.05) is 17.3 Å². The van der Waals surface area contributed by atoms with E-state index in [9.17, 15) is 18.0 Å². The van der Waals surface area contributed by atoms with Crippen LogP contribution < -0.4 is 4.90 Å². The van der Waals surface area contributed by atoms with Crippen LogP contribution in [0.5, 0.6) is 0 Å². The minimum Gasteiger partial charge on any atom is -0.284 e. The Morgan fingerprint density at radius 1 is 1.00 bits per heavy atom. The zero-order chi connectivity index (χ0) is 21.9. The summed E-state index contributed by atoms with van der Waals surface area (Å²) in [4.78, 5) is 19.7. The fourth-order valence-corrected chi connectivity index (χ4v) is 3.95. The van der Waals surface area contributed by atoms with Crippen LogP contribution in [0.15, 0.2) is 59.6 Å². The molecule has 1 aliphatic rings. The molecular formula is C22H24F3N3OS. The van der Waals surface area contributed by atoms with E-state index in [1.54, 1.807) is 17.0 Å². The van der Waals surface area contributed by atoms with Crippen molar-refractivity contribution in [3.05, 3.63) is 65.7 Å². The monoisotopic (exact) mass is 435 g/mol. The minimum atomic E-state index is -4.42. The number of carbonyl (C=O) groups is 1. The van der Waals surface area contributed by atoms with Crippen molar-refractivity contribution in [2.24, 2.45) is 4.99 Å². The number of rotatable bonds is 4. The van der Waals surface area contributed by atoms with Gasteiger partial charge in [0.15, 0.2) is 5.17 Å². The highest BCUT2D eigenvalue weighted by Gasteiger charge is 2.34. The number of hydrogen-bond donors (Lipinski definition) is 0. The van der Waals surface area contributed by atoms with Crippen LogP contribution >= 0.6 is 11.8 Å². The topological polar surface area (TPSA) is 35.9 Å². The van der Waals surface area contributed by atoms with E-state index in [0.29, 0.717) is 5.69 Å². The number of anilines is 1. The molecule has 30 heavy (non-hydrogen) atoms. The molecule has 3 rings (SSSR count). The van der Waals surface area contributed by atoms with Gasteiger partial charge in [-0.2, -0.15) is 13.2 Å². The van der Waals surface area contributed by atoms with Gasteiger partial charge in [-0.1, -0.05) is 75.0 Å². The van der Waals surface area contributed by atoms with Gasteiger partial charge in [0.25, 0.3) is 0 Å². The number of hydrogen-bond acceptors (Lipinski definition) is 3. The van der Waals surface area contributed by atoms with Gasteiger partial charge < -0.3 is 0 Å². The minimum absolute atomic E-state index is 0.0151. The van der Waals surface area contributed by atoms with E-state index in [-0.39, 0.29) is 29.0 Å². The van der Waals surface area contributed by atoms with Crippen LogP contribution in [0.1, 0.15) is 31.9 Å². The van der Waals surface area contributed by atoms with E-state index in [1.807, 2.05) is 42.5 Å². The van der Waals surface area contributed by atoms with Gasteiger partial charge in [0, 0.05) is 5.69 Å². The Labute approximate surface area is 178 Å². The Kier molecular flexibility index (Phi) is 6.45. The summed E-state index contributed by atoms with van der Waals surface area (Å²) in [6.45, 7) is 5.15. The third-order valence-corrected chi connectivity index (χ3v) is 5.63. The van der Waals surface area contributed by atoms with E-state index in [2.05, 4.69) is 25.8 Å². The molecule has 1 fully saturated rings. The average molecular weight is 436 g/mol. The Hall–Kier alpha value is -2.48. The smallest absolute Gasteiger partial charge is 0.284 e. The van der Waals surface area contributed by atoms with Gasteiger partial charge in [-0.05, 0) is 28.7 Å². The van der Waals surface area contributed by atoms with Gasteiger partial charge in [0.2, 0.25) is 0 Å². The number of carbonyl (C=O) groups excluding carboxylic acids is 1. The number of nitrogens with zero attached hydrogens (tertiary/aromatic N) is 3. The van der Waals surface area contributed by atoms with Crippen molar-refractivity contribution in [3.8, 4) is 0 Å². The number of urea groups is 1. The molecule has 2 aromatic rings. The molecule has 0 radical (unpaired) electrons. The summed E-state index contributed by atoms with van der Waals surface area (Å²) in [6, 6.07) is 16.5. The highest BCUT2D eigenvalue weighted by atomic mass is 32.2. The second kappa shape index (κ2) is 8.71. The Balaban J connectivity index is 1.88. The SMILES string of the molecule is CC(C)(C)c1ccc(CN2C(=O)N(c3ccccc3)CS/C2=N/CC(F)(F)F)cc1. The second-order valence-corrected chi connectivity index (χ2v) is 8.98. The normalized spacial score (nSPS) is 17.0. The standard InChI is InChI=1S/C22H24F3N3OS/c1-21(2,3)17-11-9-16(10-12-17)13-27-19(26-14-22(23,24)25)30-15-28(20(27)29)18-7-5-4-6-8-18/h4-12H,13-15H2,1-3H3/b26-19+. The van der Waals surface area contributed by atoms with Gasteiger partial charge in [-0.15, -0.1) is 0 Å². The molecule has 0 bridgehead atoms. The first-order valence-electron chi connectivity index (χ1n) is 9.52. The maximum Gasteiger partial charge on any atom is 0.408 e. The maximum atomic E-state index is 13.2. The third kappa shape index (κ3) is 5.56. The van der Waals surface area contributed by atoms with Crippen LogP contribution in [0, 0.1) is 0 Å². The van der Waals surface area contributed by atoms with E-state index < -0.39 is 12.7 Å². The highest BCUT2D eigenvalue weighted by Crippen LogP contribution is 2.29. The lowest BCUT2D eigenvalue weighted by atomic mass is 9.87. The average Bonchev–Trinajstić information content (AvgIpc) is 2.68. The second-order valence-electron chi connectivity index (χ2n) is 8.07. The molecule has 1 aliphatic heterocycles. The summed E-state index contributed by atoms with van der Waals surface area (Å²) in [5.41, 5.74) is 2.64. The van der Waals surface area contributed by atoms with Crippen LogP contribution in [0.4, 0.5) is 23.7 Å². The molecule has 0 N–H and O–H groups in total. The zero-order valence-corrected chi connectivity index (χ0v) is 17.9. The summed E-state index contributed by atoms with van der Waals surface area (Å²) >= 11 is 1.13. The van der Waals surface area contributed by atoms with Crippen LogP contribution in [0.25, 0.3) is 0 Å². The lowest BCUT2D eigenvalue weighted by molar-refractivity contribution is -0.118. The molecule has 0 spiro atoms. The number of benzene rings is 2. The van der Waals surface area contributed by atoms with Gasteiger partial charge in [0.1, 0.15) is 6.54 Å². The predicted molar refractivity (Wildman–Crippen MR) is 116 cm³/mol. The summed E-state index contributed by atoms with van der Waals surface area (Å²) < 4.78 is 38.2. The number of aliphatic imine (C=N–C) groups is 1. The molecule has 0 atom stereocenters. The van der Waals surface area contributed by atoms with E-state index in [0.717, 1.165) is 22.9 Å². The quantitative estimate of drug-likeness (QED) is 0.587. The van der Waals surface area contributed by atoms with Crippen molar-refractivity contribution in [1.29, 1.82) is 0 Å². The van der Waals surface area contributed by atoms with Crippen LogP contribution in [0.2, 0.25) is 0 Å². The molecule has 160 valence electrons. The molecular weight excluding hydrogens is 411 g/mol. The van der Waals surface area contributed by atoms with Gasteiger partial charge in [-0.25, -0.2) is 4.79 Å². The number of para-hydroxylation sites is 1. The lowest BCUT2D eigenvalue weighted by Crippen LogP contribution is -2.50. The summed E-state index contributed by atoms with van der Waals surface area (Å²) in [5.74, 6) is 0.207. The molecule has 2 amide bonds. The molecule has 1 heterocycles. The van der Waals surface area contributed by atoms with E-state index >= 15 is 0 Å². The molecule has 0 saturated carbocycles. The van der Waals surface area contributed by atoms with Crippen LogP contribution in [0.3, 0.4) is 0 Å². The van der Waals surface area contributed by atoms with Crippen molar-refractivity contribution in [2.45, 2.75) is 38.9 Å². The number of thioether (sulfide) groups is 1. The molecule has 8 heteroatoms. The van der Waals surface area contributed by atoms with Crippen molar-refractivity contribution in [3.63, 3.8) is 0 Å². The fraction of sp³-hybridized carbons (Fsp3) is 0.364. The first-order valence-corrected chi connectivity index (χ1v) is 10.5. The van der Waals surface area contributed by atoms with Crippen molar-refractivity contribution < 1.29 is 18.0 Å². The molecule has 4 nitrogen and oxygen atoms in total. The van der Waals surface area contributed by atoms with E-state index in [4.69, 9.17) is 0 Å². The molecule has 0 aromatic heterocycles.